The van der Waals surface area contributed by atoms with E-state index in [1.165, 1.54) is 0 Å². The summed E-state index contributed by atoms with van der Waals surface area (Å²) >= 11 is 0. The van der Waals surface area contributed by atoms with Gasteiger partial charge in [-0.3, -0.25) is 0 Å². The van der Waals surface area contributed by atoms with Gasteiger partial charge in [0.15, 0.2) is 0 Å². The zero-order valence-electron chi connectivity index (χ0n) is 9.73. The first-order valence-electron chi connectivity index (χ1n) is 5.09. The molecule has 1 rings (SSSR count). The summed E-state index contributed by atoms with van der Waals surface area (Å²) in [4.78, 5) is 22.4. The summed E-state index contributed by atoms with van der Waals surface area (Å²) in [6, 6.07) is 0. The fourth-order valence-electron chi connectivity index (χ4n) is 2.24. The molecule has 0 aromatic carbocycles. The molecule has 0 atom stereocenters. The molecule has 1 aliphatic heterocycles. The highest BCUT2D eigenvalue weighted by Gasteiger charge is 2.43. The van der Waals surface area contributed by atoms with Gasteiger partial charge in [-0.05, 0) is 47.0 Å². The molecule has 1 saturated heterocycles. The van der Waals surface area contributed by atoms with Crippen LogP contribution in [-0.2, 0) is 9.66 Å². The molecule has 1 heterocycles. The summed E-state index contributed by atoms with van der Waals surface area (Å²) in [5.41, 5.74) is -0.319. The van der Waals surface area contributed by atoms with Gasteiger partial charge in [0.2, 0.25) is 0 Å². The minimum atomic E-state index is -2.47. The number of hydrogen-bond acceptors (Lipinski definition) is 5. The van der Waals surface area contributed by atoms with E-state index in [4.69, 9.17) is 14.8 Å². The molecule has 90 valence electrons. The van der Waals surface area contributed by atoms with E-state index in [-0.39, 0.29) is 11.1 Å². The zero-order chi connectivity index (χ0) is 11.7. The van der Waals surface area contributed by atoms with E-state index in [0.717, 1.165) is 19.3 Å². The molecule has 0 bridgehead atoms. The minimum absolute atomic E-state index is 0.160. The van der Waals surface area contributed by atoms with Crippen molar-refractivity contribution in [2.45, 2.75) is 58.0 Å². The molecular formula is C9H20NO4P. The average Bonchev–Trinajstić information content (AvgIpc) is 1.99. The van der Waals surface area contributed by atoms with Crippen LogP contribution in [0.15, 0.2) is 0 Å². The summed E-state index contributed by atoms with van der Waals surface area (Å²) in [5, 5.41) is 1.71. The van der Waals surface area contributed by atoms with Crippen LogP contribution in [0.1, 0.15) is 47.0 Å². The SMILES string of the molecule is CC1(C)CCCC(C)(C)N1OOP(O)O. The molecule has 0 aliphatic carbocycles. The molecular weight excluding hydrogens is 217 g/mol. The molecule has 5 nitrogen and oxygen atoms in total. The quantitative estimate of drug-likeness (QED) is 0.447. The Morgan fingerprint density at radius 1 is 1.07 bits per heavy atom. The Bertz CT molecular complexity index is 204. The predicted molar refractivity (Wildman–Crippen MR) is 57.4 cm³/mol. The number of hydrogen-bond donors (Lipinski definition) is 2. The Morgan fingerprint density at radius 2 is 1.53 bits per heavy atom. The van der Waals surface area contributed by atoms with Crippen LogP contribution in [-0.4, -0.2) is 25.9 Å². The van der Waals surface area contributed by atoms with Crippen molar-refractivity contribution < 1.29 is 19.4 Å². The van der Waals surface area contributed by atoms with Gasteiger partial charge in [0.25, 0.3) is 0 Å². The van der Waals surface area contributed by atoms with Crippen molar-refractivity contribution in [2.24, 2.45) is 0 Å². The second kappa shape index (κ2) is 4.62. The molecule has 0 aromatic rings. The number of hydroxylamine groups is 2. The van der Waals surface area contributed by atoms with E-state index in [1.807, 2.05) is 27.7 Å². The topological polar surface area (TPSA) is 62.2 Å². The molecule has 15 heavy (non-hydrogen) atoms. The zero-order valence-corrected chi connectivity index (χ0v) is 10.6. The fraction of sp³-hybridized carbons (Fsp3) is 1.00. The predicted octanol–water partition coefficient (Wildman–Crippen LogP) is 2.10. The van der Waals surface area contributed by atoms with Crippen LogP contribution < -0.4 is 0 Å². The third kappa shape index (κ3) is 3.34. The second-order valence-corrected chi connectivity index (χ2v) is 5.83. The largest absolute Gasteiger partial charge is 0.359 e. The number of nitrogens with zero attached hydrogens (tertiary/aromatic N) is 1. The highest BCUT2D eigenvalue weighted by molar-refractivity contribution is 7.39. The lowest BCUT2D eigenvalue weighted by Crippen LogP contribution is -2.57. The highest BCUT2D eigenvalue weighted by Crippen LogP contribution is 2.40. The van der Waals surface area contributed by atoms with Crippen LogP contribution in [0, 0.1) is 0 Å². The van der Waals surface area contributed by atoms with E-state index in [9.17, 15) is 0 Å². The molecule has 0 amide bonds. The Balaban J connectivity index is 2.68. The standard InChI is InChI=1S/C9H20NO4P/c1-8(2)6-5-7-9(3,4)10(8)13-14-15(11)12/h11-12H,5-7H2,1-4H3. The van der Waals surface area contributed by atoms with Gasteiger partial charge in [-0.1, -0.05) is 0 Å². The van der Waals surface area contributed by atoms with Crippen molar-refractivity contribution in [3.05, 3.63) is 0 Å². The number of piperidine rings is 1. The van der Waals surface area contributed by atoms with E-state index >= 15 is 0 Å². The van der Waals surface area contributed by atoms with Crippen LogP contribution >= 0.6 is 8.60 Å². The molecule has 0 aromatic heterocycles. The van der Waals surface area contributed by atoms with E-state index < -0.39 is 8.60 Å². The van der Waals surface area contributed by atoms with Crippen LogP contribution in [0.3, 0.4) is 0 Å². The van der Waals surface area contributed by atoms with Crippen LogP contribution in [0.5, 0.6) is 0 Å². The Hall–Kier alpha value is 0.230. The van der Waals surface area contributed by atoms with Crippen LogP contribution in [0.25, 0.3) is 0 Å². The lowest BCUT2D eigenvalue weighted by Gasteiger charge is -2.49. The molecule has 0 radical (unpaired) electrons. The first kappa shape index (κ1) is 13.3. The average molecular weight is 237 g/mol. The first-order chi connectivity index (χ1) is 6.76. The van der Waals surface area contributed by atoms with Crippen molar-refractivity contribution in [3.8, 4) is 0 Å². The van der Waals surface area contributed by atoms with Crippen molar-refractivity contribution in [2.75, 3.05) is 0 Å². The van der Waals surface area contributed by atoms with Gasteiger partial charge in [0, 0.05) is 11.1 Å². The third-order valence-corrected chi connectivity index (χ3v) is 3.05. The van der Waals surface area contributed by atoms with E-state index in [0.29, 0.717) is 0 Å². The van der Waals surface area contributed by atoms with Crippen LogP contribution in [0.2, 0.25) is 0 Å². The Morgan fingerprint density at radius 3 is 1.93 bits per heavy atom. The van der Waals surface area contributed by atoms with Crippen molar-refractivity contribution in [1.29, 1.82) is 0 Å². The number of rotatable bonds is 3. The lowest BCUT2D eigenvalue weighted by molar-refractivity contribution is -0.432. The lowest BCUT2D eigenvalue weighted by atomic mass is 9.82. The van der Waals surface area contributed by atoms with Gasteiger partial charge >= 0.3 is 8.60 Å². The summed E-state index contributed by atoms with van der Waals surface area (Å²) in [7, 11) is -2.47. The van der Waals surface area contributed by atoms with Gasteiger partial charge in [-0.2, -0.15) is 0 Å². The summed E-state index contributed by atoms with van der Waals surface area (Å²) < 4.78 is 4.45. The summed E-state index contributed by atoms with van der Waals surface area (Å²) in [5.74, 6) is 0. The maximum Gasteiger partial charge on any atom is 0.359 e. The molecule has 1 fully saturated rings. The maximum atomic E-state index is 8.67. The van der Waals surface area contributed by atoms with Crippen molar-refractivity contribution in [3.63, 3.8) is 0 Å². The molecule has 6 heteroatoms. The van der Waals surface area contributed by atoms with Gasteiger partial charge in [-0.25, -0.2) is 0 Å². The highest BCUT2D eigenvalue weighted by atomic mass is 31.2. The molecule has 1 aliphatic rings. The summed E-state index contributed by atoms with van der Waals surface area (Å²) in [6.07, 6.45) is 3.12. The minimum Gasteiger partial charge on any atom is -0.326 e. The van der Waals surface area contributed by atoms with E-state index in [2.05, 4.69) is 4.67 Å². The molecule has 0 spiro atoms. The monoisotopic (exact) mass is 237 g/mol. The smallest absolute Gasteiger partial charge is 0.326 e. The van der Waals surface area contributed by atoms with E-state index in [1.54, 1.807) is 5.06 Å². The third-order valence-electron chi connectivity index (χ3n) is 2.85. The van der Waals surface area contributed by atoms with Crippen LogP contribution in [0.4, 0.5) is 0 Å². The molecule has 0 saturated carbocycles. The van der Waals surface area contributed by atoms with Gasteiger partial charge in [-0.15, -0.1) is 14.7 Å². The molecule has 2 N–H and O–H groups in total. The van der Waals surface area contributed by atoms with Gasteiger partial charge < -0.3 is 9.79 Å². The summed E-state index contributed by atoms with van der Waals surface area (Å²) in [6.45, 7) is 8.20. The van der Waals surface area contributed by atoms with Crippen molar-refractivity contribution >= 4 is 8.60 Å². The Kier molecular flexibility index (Phi) is 4.09. The van der Waals surface area contributed by atoms with Gasteiger partial charge in [0.1, 0.15) is 0 Å². The normalized spacial score (nSPS) is 25.8. The Labute approximate surface area is 91.9 Å². The second-order valence-electron chi connectivity index (χ2n) is 5.17. The van der Waals surface area contributed by atoms with Crippen molar-refractivity contribution in [1.82, 2.24) is 5.06 Å². The fourth-order valence-corrected chi connectivity index (χ4v) is 2.37. The van der Waals surface area contributed by atoms with Gasteiger partial charge in [0.05, 0.1) is 0 Å². The molecule has 0 unspecified atom stereocenters. The first-order valence-corrected chi connectivity index (χ1v) is 6.25. The maximum absolute atomic E-state index is 8.67.